The number of aromatic nitrogens is 1. The van der Waals surface area contributed by atoms with E-state index in [4.69, 9.17) is 0 Å². The zero-order valence-corrected chi connectivity index (χ0v) is 15.8. The summed E-state index contributed by atoms with van der Waals surface area (Å²) in [6.07, 6.45) is 3.14. The van der Waals surface area contributed by atoms with Gasteiger partial charge in [-0.25, -0.2) is 4.39 Å². The Bertz CT molecular complexity index is 852. The Balaban J connectivity index is 1.59. The van der Waals surface area contributed by atoms with Crippen molar-refractivity contribution in [1.29, 1.82) is 0 Å². The van der Waals surface area contributed by atoms with Crippen LogP contribution >= 0.6 is 0 Å². The van der Waals surface area contributed by atoms with Crippen LogP contribution in [0.15, 0.2) is 48.7 Å². The van der Waals surface area contributed by atoms with Gasteiger partial charge in [-0.05, 0) is 36.0 Å². The smallest absolute Gasteiger partial charge is 0.243 e. The lowest BCUT2D eigenvalue weighted by molar-refractivity contribution is -0.137. The molecule has 1 aromatic heterocycles. The van der Waals surface area contributed by atoms with Gasteiger partial charge in [-0.2, -0.15) is 0 Å². The van der Waals surface area contributed by atoms with Crippen LogP contribution in [0.25, 0.3) is 0 Å². The number of nitrogens with zero attached hydrogens (tertiary/aromatic N) is 2. The van der Waals surface area contributed by atoms with Crippen molar-refractivity contribution >= 4 is 11.8 Å². The second-order valence-corrected chi connectivity index (χ2v) is 7.66. The Hall–Kier alpha value is -2.76. The van der Waals surface area contributed by atoms with E-state index in [9.17, 15) is 14.0 Å². The van der Waals surface area contributed by atoms with Gasteiger partial charge < -0.3 is 10.2 Å². The SMILES string of the molecule is CC(=O)N1CC(F)CC1C(=O)NC(c1ccccc1)c1ccc(C2CC2)cn1. The summed E-state index contributed by atoms with van der Waals surface area (Å²) in [6, 6.07) is 12.4. The van der Waals surface area contributed by atoms with Crippen LogP contribution in [0.5, 0.6) is 0 Å². The van der Waals surface area contributed by atoms with Gasteiger partial charge in [0.15, 0.2) is 0 Å². The maximum Gasteiger partial charge on any atom is 0.243 e. The van der Waals surface area contributed by atoms with Crippen molar-refractivity contribution in [3.05, 3.63) is 65.5 Å². The largest absolute Gasteiger partial charge is 0.342 e. The Morgan fingerprint density at radius 1 is 1.18 bits per heavy atom. The molecule has 4 rings (SSSR count). The molecule has 1 aromatic carbocycles. The van der Waals surface area contributed by atoms with Gasteiger partial charge in [-0.3, -0.25) is 14.6 Å². The number of amides is 2. The highest BCUT2D eigenvalue weighted by atomic mass is 19.1. The fourth-order valence-corrected chi connectivity index (χ4v) is 3.84. The molecule has 3 atom stereocenters. The fraction of sp³-hybridized carbons (Fsp3) is 0.409. The summed E-state index contributed by atoms with van der Waals surface area (Å²) in [7, 11) is 0. The zero-order valence-electron chi connectivity index (χ0n) is 15.8. The maximum atomic E-state index is 13.9. The molecule has 1 N–H and O–H groups in total. The average molecular weight is 381 g/mol. The van der Waals surface area contributed by atoms with Crippen molar-refractivity contribution in [2.75, 3.05) is 6.54 Å². The number of benzene rings is 1. The van der Waals surface area contributed by atoms with Crippen molar-refractivity contribution < 1.29 is 14.0 Å². The molecule has 2 fully saturated rings. The van der Waals surface area contributed by atoms with E-state index in [1.807, 2.05) is 42.6 Å². The Morgan fingerprint density at radius 2 is 1.93 bits per heavy atom. The minimum absolute atomic E-state index is 0.0287. The predicted octanol–water partition coefficient (Wildman–Crippen LogP) is 3.12. The van der Waals surface area contributed by atoms with E-state index < -0.39 is 18.3 Å². The molecule has 6 heteroatoms. The quantitative estimate of drug-likeness (QED) is 0.866. The summed E-state index contributed by atoms with van der Waals surface area (Å²) < 4.78 is 13.9. The molecular weight excluding hydrogens is 357 g/mol. The molecule has 3 unspecified atom stereocenters. The van der Waals surface area contributed by atoms with Crippen molar-refractivity contribution in [1.82, 2.24) is 15.2 Å². The van der Waals surface area contributed by atoms with Gasteiger partial charge in [0.2, 0.25) is 11.8 Å². The van der Waals surface area contributed by atoms with E-state index in [0.717, 1.165) is 11.3 Å². The first-order chi connectivity index (χ1) is 13.5. The first kappa shape index (κ1) is 18.6. The number of halogens is 1. The molecule has 5 nitrogen and oxygen atoms in total. The molecule has 1 aliphatic heterocycles. The van der Waals surface area contributed by atoms with E-state index in [-0.39, 0.29) is 24.8 Å². The summed E-state index contributed by atoms with van der Waals surface area (Å²) >= 11 is 0. The van der Waals surface area contributed by atoms with Crippen LogP contribution in [0.1, 0.15) is 55.0 Å². The van der Waals surface area contributed by atoms with Crippen LogP contribution in [0.4, 0.5) is 4.39 Å². The number of pyridine rings is 1. The van der Waals surface area contributed by atoms with E-state index in [1.54, 1.807) is 0 Å². The molecule has 2 amide bonds. The zero-order chi connectivity index (χ0) is 19.7. The van der Waals surface area contributed by atoms with Gasteiger partial charge >= 0.3 is 0 Å². The van der Waals surface area contributed by atoms with Crippen LogP contribution < -0.4 is 5.32 Å². The fourth-order valence-electron chi connectivity index (χ4n) is 3.84. The van der Waals surface area contributed by atoms with Gasteiger partial charge in [0, 0.05) is 19.5 Å². The molecule has 2 aromatic rings. The maximum absolute atomic E-state index is 13.9. The Kier molecular flexibility index (Phi) is 5.11. The summed E-state index contributed by atoms with van der Waals surface area (Å²) in [6.45, 7) is 1.34. The molecule has 0 radical (unpaired) electrons. The van der Waals surface area contributed by atoms with E-state index >= 15 is 0 Å². The lowest BCUT2D eigenvalue weighted by Gasteiger charge is -2.25. The van der Waals surface area contributed by atoms with Gasteiger partial charge in [0.25, 0.3) is 0 Å². The highest BCUT2D eigenvalue weighted by molar-refractivity contribution is 5.88. The van der Waals surface area contributed by atoms with Gasteiger partial charge in [-0.1, -0.05) is 36.4 Å². The van der Waals surface area contributed by atoms with Gasteiger partial charge in [-0.15, -0.1) is 0 Å². The van der Waals surface area contributed by atoms with Crippen molar-refractivity contribution in [2.24, 2.45) is 0 Å². The number of likely N-dealkylation sites (tertiary alicyclic amines) is 1. The molecule has 28 heavy (non-hydrogen) atoms. The minimum Gasteiger partial charge on any atom is -0.342 e. The number of carbonyl (C=O) groups excluding carboxylic acids is 2. The summed E-state index contributed by atoms with van der Waals surface area (Å²) in [5.41, 5.74) is 2.85. The molecule has 1 saturated carbocycles. The molecule has 0 spiro atoms. The Labute approximate surface area is 164 Å². The van der Waals surface area contributed by atoms with Crippen molar-refractivity contribution in [2.45, 2.75) is 50.4 Å². The third-order valence-electron chi connectivity index (χ3n) is 5.53. The molecule has 146 valence electrons. The van der Waals surface area contributed by atoms with Crippen molar-refractivity contribution in [3.8, 4) is 0 Å². The van der Waals surface area contributed by atoms with E-state index in [0.29, 0.717) is 5.92 Å². The normalized spacial score (nSPS) is 22.7. The number of carbonyl (C=O) groups is 2. The highest BCUT2D eigenvalue weighted by Gasteiger charge is 2.39. The van der Waals surface area contributed by atoms with Gasteiger partial charge in [0.1, 0.15) is 12.2 Å². The number of rotatable bonds is 5. The lowest BCUT2D eigenvalue weighted by Crippen LogP contribution is -2.46. The average Bonchev–Trinajstić information content (AvgIpc) is 3.48. The van der Waals surface area contributed by atoms with E-state index in [2.05, 4.69) is 16.4 Å². The highest BCUT2D eigenvalue weighted by Crippen LogP contribution is 2.39. The van der Waals surface area contributed by atoms with E-state index in [1.165, 1.54) is 30.2 Å². The standard InChI is InChI=1S/C22H24FN3O2/c1-14(27)26-13-18(23)11-20(26)22(28)25-21(16-5-3-2-4-6-16)19-10-9-17(12-24-19)15-7-8-15/h2-6,9-10,12,15,18,20-21H,7-8,11,13H2,1H3,(H,25,28). The van der Waals surface area contributed by atoms with Crippen molar-refractivity contribution in [3.63, 3.8) is 0 Å². The summed E-state index contributed by atoms with van der Waals surface area (Å²) in [4.78, 5) is 30.7. The van der Waals surface area contributed by atoms with Crippen LogP contribution in [-0.4, -0.2) is 40.5 Å². The van der Waals surface area contributed by atoms with Gasteiger partial charge in [0.05, 0.1) is 18.3 Å². The molecule has 2 heterocycles. The predicted molar refractivity (Wildman–Crippen MR) is 103 cm³/mol. The third-order valence-corrected chi connectivity index (χ3v) is 5.53. The molecule has 2 aliphatic rings. The number of hydrogen-bond donors (Lipinski definition) is 1. The van der Waals surface area contributed by atoms with Crippen LogP contribution in [0.3, 0.4) is 0 Å². The number of nitrogens with one attached hydrogen (secondary N) is 1. The first-order valence-corrected chi connectivity index (χ1v) is 9.75. The lowest BCUT2D eigenvalue weighted by atomic mass is 10.0. The summed E-state index contributed by atoms with van der Waals surface area (Å²) in [5, 5.41) is 3.00. The molecule has 0 bridgehead atoms. The molecule has 1 saturated heterocycles. The third kappa shape index (κ3) is 3.91. The number of alkyl halides is 1. The van der Waals surface area contributed by atoms with Crippen LogP contribution in [0.2, 0.25) is 0 Å². The first-order valence-electron chi connectivity index (χ1n) is 9.75. The molecular formula is C22H24FN3O2. The number of hydrogen-bond acceptors (Lipinski definition) is 3. The second kappa shape index (κ2) is 7.70. The second-order valence-electron chi connectivity index (χ2n) is 7.66. The monoisotopic (exact) mass is 381 g/mol. The van der Waals surface area contributed by atoms with Crippen LogP contribution in [-0.2, 0) is 9.59 Å². The minimum atomic E-state index is -1.18. The topological polar surface area (TPSA) is 62.3 Å². The summed E-state index contributed by atoms with van der Waals surface area (Å²) in [5.74, 6) is -0.0313. The Morgan fingerprint density at radius 3 is 2.54 bits per heavy atom. The molecule has 1 aliphatic carbocycles. The van der Waals surface area contributed by atoms with Crippen LogP contribution in [0, 0.1) is 0 Å².